The van der Waals surface area contributed by atoms with Crippen LogP contribution in [0, 0.1) is 0 Å². The summed E-state index contributed by atoms with van der Waals surface area (Å²) in [5.41, 5.74) is 0. The molecule has 5 heteroatoms. The summed E-state index contributed by atoms with van der Waals surface area (Å²) in [4.78, 5) is 15.8. The number of nitrogens with zero attached hydrogens (tertiary/aromatic N) is 2. The molecule has 0 aromatic carbocycles. The highest BCUT2D eigenvalue weighted by molar-refractivity contribution is 5.78. The average Bonchev–Trinajstić information content (AvgIpc) is 2.67. The Morgan fingerprint density at radius 2 is 2.24 bits per heavy atom. The second-order valence-corrected chi connectivity index (χ2v) is 4.99. The third-order valence-corrected chi connectivity index (χ3v) is 3.62. The molecule has 0 bridgehead atoms. The number of amides is 1. The Hall–Kier alpha value is -0.650. The summed E-state index contributed by atoms with van der Waals surface area (Å²) in [5.74, 6) is 0.211. The third kappa shape index (κ3) is 3.66. The lowest BCUT2D eigenvalue weighted by Crippen LogP contribution is -2.49. The number of likely N-dealkylation sites (tertiary alicyclic amines) is 1. The molecule has 2 saturated heterocycles. The number of aliphatic hydroxyl groups excluding tert-OH is 1. The van der Waals surface area contributed by atoms with Gasteiger partial charge < -0.3 is 15.3 Å². The molecule has 0 aliphatic carbocycles. The molecule has 1 atom stereocenters. The van der Waals surface area contributed by atoms with Crippen LogP contribution in [-0.2, 0) is 4.79 Å². The Labute approximate surface area is 103 Å². The summed E-state index contributed by atoms with van der Waals surface area (Å²) in [6, 6.07) is 0.491. The van der Waals surface area contributed by atoms with Gasteiger partial charge in [0, 0.05) is 32.2 Å². The standard InChI is InChI=1S/C12H23N3O2/c16-8-7-14(9-11-3-1-4-13-11)10-12(17)15-5-2-6-15/h11,13,16H,1-10H2. The molecule has 5 nitrogen and oxygen atoms in total. The molecule has 0 aromatic heterocycles. The lowest BCUT2D eigenvalue weighted by molar-refractivity contribution is -0.136. The van der Waals surface area contributed by atoms with Crippen molar-refractivity contribution in [1.29, 1.82) is 0 Å². The Bertz CT molecular complexity index is 250. The van der Waals surface area contributed by atoms with Gasteiger partial charge in [-0.2, -0.15) is 0 Å². The highest BCUT2D eigenvalue weighted by Gasteiger charge is 2.24. The first kappa shape index (κ1) is 12.8. The number of carbonyl (C=O) groups is 1. The number of rotatable bonds is 6. The Morgan fingerprint density at radius 1 is 1.41 bits per heavy atom. The van der Waals surface area contributed by atoms with Gasteiger partial charge in [-0.1, -0.05) is 0 Å². The highest BCUT2D eigenvalue weighted by Crippen LogP contribution is 2.09. The Morgan fingerprint density at radius 3 is 2.76 bits per heavy atom. The monoisotopic (exact) mass is 241 g/mol. The molecule has 0 saturated carbocycles. The van der Waals surface area contributed by atoms with E-state index in [1.165, 1.54) is 12.8 Å². The zero-order chi connectivity index (χ0) is 12.1. The van der Waals surface area contributed by atoms with Crippen molar-refractivity contribution in [3.8, 4) is 0 Å². The van der Waals surface area contributed by atoms with Crippen molar-refractivity contribution >= 4 is 5.91 Å². The van der Waals surface area contributed by atoms with Crippen molar-refractivity contribution in [2.24, 2.45) is 0 Å². The van der Waals surface area contributed by atoms with Crippen LogP contribution in [-0.4, -0.2) is 72.7 Å². The average molecular weight is 241 g/mol. The van der Waals surface area contributed by atoms with E-state index in [1.54, 1.807) is 0 Å². The van der Waals surface area contributed by atoms with Crippen LogP contribution in [0.3, 0.4) is 0 Å². The second kappa shape index (κ2) is 6.33. The van der Waals surface area contributed by atoms with Crippen molar-refractivity contribution in [2.45, 2.75) is 25.3 Å². The van der Waals surface area contributed by atoms with E-state index in [9.17, 15) is 4.79 Å². The van der Waals surface area contributed by atoms with Crippen LogP contribution in [0.4, 0.5) is 0 Å². The first-order valence-electron chi connectivity index (χ1n) is 6.64. The first-order chi connectivity index (χ1) is 8.29. The maximum absolute atomic E-state index is 11.9. The fraction of sp³-hybridized carbons (Fsp3) is 0.917. The van der Waals surface area contributed by atoms with Crippen LogP contribution in [0.2, 0.25) is 0 Å². The molecule has 2 heterocycles. The van der Waals surface area contributed by atoms with Gasteiger partial charge in [0.25, 0.3) is 0 Å². The van der Waals surface area contributed by atoms with Crippen molar-refractivity contribution in [2.75, 3.05) is 45.9 Å². The van der Waals surface area contributed by atoms with Crippen LogP contribution in [0.5, 0.6) is 0 Å². The lowest BCUT2D eigenvalue weighted by atomic mass is 10.2. The molecule has 98 valence electrons. The third-order valence-electron chi connectivity index (χ3n) is 3.62. The molecule has 0 radical (unpaired) electrons. The molecule has 1 unspecified atom stereocenters. The van der Waals surface area contributed by atoms with Crippen LogP contribution in [0.25, 0.3) is 0 Å². The molecule has 0 spiro atoms. The van der Waals surface area contributed by atoms with E-state index in [0.717, 1.165) is 32.6 Å². The predicted octanol–water partition coefficient (Wildman–Crippen LogP) is -0.735. The van der Waals surface area contributed by atoms with Gasteiger partial charge in [0.15, 0.2) is 0 Å². The van der Waals surface area contributed by atoms with Crippen molar-refractivity contribution in [3.05, 3.63) is 0 Å². The maximum Gasteiger partial charge on any atom is 0.236 e. The maximum atomic E-state index is 11.9. The van der Waals surface area contributed by atoms with Gasteiger partial charge in [0.1, 0.15) is 0 Å². The zero-order valence-corrected chi connectivity index (χ0v) is 10.4. The van der Waals surface area contributed by atoms with Crippen molar-refractivity contribution in [1.82, 2.24) is 15.1 Å². The number of hydrogen-bond acceptors (Lipinski definition) is 4. The van der Waals surface area contributed by atoms with Gasteiger partial charge in [0.2, 0.25) is 5.91 Å². The predicted molar refractivity (Wildman–Crippen MR) is 65.7 cm³/mol. The highest BCUT2D eigenvalue weighted by atomic mass is 16.3. The zero-order valence-electron chi connectivity index (χ0n) is 10.4. The molecular formula is C12H23N3O2. The minimum atomic E-state index is 0.125. The summed E-state index contributed by atoms with van der Waals surface area (Å²) in [6.45, 7) is 4.95. The van der Waals surface area contributed by atoms with E-state index in [0.29, 0.717) is 19.1 Å². The summed E-state index contributed by atoms with van der Waals surface area (Å²) < 4.78 is 0. The van der Waals surface area contributed by atoms with Gasteiger partial charge in [-0.15, -0.1) is 0 Å². The van der Waals surface area contributed by atoms with E-state index >= 15 is 0 Å². The molecule has 2 rings (SSSR count). The fourth-order valence-corrected chi connectivity index (χ4v) is 2.46. The van der Waals surface area contributed by atoms with E-state index in [1.807, 2.05) is 4.90 Å². The molecule has 2 aliphatic heterocycles. The molecule has 0 aromatic rings. The number of aliphatic hydroxyl groups is 1. The Kier molecular flexibility index (Phi) is 4.76. The lowest BCUT2D eigenvalue weighted by Gasteiger charge is -2.33. The minimum Gasteiger partial charge on any atom is -0.395 e. The van der Waals surface area contributed by atoms with Crippen LogP contribution >= 0.6 is 0 Å². The number of hydrogen-bond donors (Lipinski definition) is 2. The van der Waals surface area contributed by atoms with Crippen LogP contribution < -0.4 is 5.32 Å². The second-order valence-electron chi connectivity index (χ2n) is 4.99. The smallest absolute Gasteiger partial charge is 0.236 e. The van der Waals surface area contributed by atoms with Crippen molar-refractivity contribution in [3.63, 3.8) is 0 Å². The van der Waals surface area contributed by atoms with E-state index in [4.69, 9.17) is 5.11 Å². The van der Waals surface area contributed by atoms with Gasteiger partial charge in [-0.3, -0.25) is 9.69 Å². The van der Waals surface area contributed by atoms with Gasteiger partial charge in [-0.25, -0.2) is 0 Å². The molecular weight excluding hydrogens is 218 g/mol. The number of nitrogens with one attached hydrogen (secondary N) is 1. The normalized spacial score (nSPS) is 24.1. The molecule has 2 fully saturated rings. The molecule has 2 N–H and O–H groups in total. The van der Waals surface area contributed by atoms with Gasteiger partial charge >= 0.3 is 0 Å². The SMILES string of the molecule is O=C(CN(CCO)CC1CCCN1)N1CCC1. The van der Waals surface area contributed by atoms with Gasteiger partial charge in [-0.05, 0) is 25.8 Å². The first-order valence-corrected chi connectivity index (χ1v) is 6.64. The van der Waals surface area contributed by atoms with Crippen molar-refractivity contribution < 1.29 is 9.90 Å². The summed E-state index contributed by atoms with van der Waals surface area (Å²) in [6.07, 6.45) is 3.54. The number of carbonyl (C=O) groups excluding carboxylic acids is 1. The van der Waals surface area contributed by atoms with Crippen LogP contribution in [0.1, 0.15) is 19.3 Å². The van der Waals surface area contributed by atoms with Crippen LogP contribution in [0.15, 0.2) is 0 Å². The van der Waals surface area contributed by atoms with E-state index in [-0.39, 0.29) is 12.5 Å². The van der Waals surface area contributed by atoms with Gasteiger partial charge in [0.05, 0.1) is 13.2 Å². The minimum absolute atomic E-state index is 0.125. The van der Waals surface area contributed by atoms with E-state index < -0.39 is 0 Å². The summed E-state index contributed by atoms with van der Waals surface area (Å²) in [7, 11) is 0. The quantitative estimate of drug-likeness (QED) is 0.643. The Balaban J connectivity index is 1.76. The molecule has 2 aliphatic rings. The summed E-state index contributed by atoms with van der Waals surface area (Å²) >= 11 is 0. The van der Waals surface area contributed by atoms with E-state index in [2.05, 4.69) is 10.2 Å². The topological polar surface area (TPSA) is 55.8 Å². The largest absolute Gasteiger partial charge is 0.395 e. The fourth-order valence-electron chi connectivity index (χ4n) is 2.46. The molecule has 17 heavy (non-hydrogen) atoms. The molecule has 1 amide bonds. The summed E-state index contributed by atoms with van der Waals surface area (Å²) in [5, 5.41) is 12.5.